The molecule has 0 saturated carbocycles. The summed E-state index contributed by atoms with van der Waals surface area (Å²) in [4.78, 5) is 18.8. The van der Waals surface area contributed by atoms with Crippen LogP contribution in [0.3, 0.4) is 0 Å². The van der Waals surface area contributed by atoms with Gasteiger partial charge in [-0.05, 0) is 68.7 Å². The first kappa shape index (κ1) is 19.3. The third-order valence-electron chi connectivity index (χ3n) is 5.35. The minimum absolute atomic E-state index is 0.140. The number of aromatic nitrogens is 3. The molecule has 4 rings (SSSR count). The normalized spacial score (nSPS) is 15.3. The maximum absolute atomic E-state index is 11.9. The molecule has 0 spiro atoms. The summed E-state index contributed by atoms with van der Waals surface area (Å²) in [6.45, 7) is 3.44. The van der Waals surface area contributed by atoms with E-state index in [1.807, 2.05) is 36.4 Å². The Morgan fingerprint density at radius 3 is 2.79 bits per heavy atom. The number of piperidine rings is 1. The van der Waals surface area contributed by atoms with Crippen molar-refractivity contribution in [3.8, 4) is 17.0 Å². The number of nitrogens with zero attached hydrogens (tertiary/aromatic N) is 4. The summed E-state index contributed by atoms with van der Waals surface area (Å²) in [6, 6.07) is 14.9. The maximum atomic E-state index is 11.9. The fourth-order valence-corrected chi connectivity index (χ4v) is 3.54. The van der Waals surface area contributed by atoms with Crippen molar-refractivity contribution in [1.29, 1.82) is 0 Å². The summed E-state index contributed by atoms with van der Waals surface area (Å²) in [7, 11) is 2.17. The van der Waals surface area contributed by atoms with E-state index >= 15 is 0 Å². The second kappa shape index (κ2) is 9.01. The lowest BCUT2D eigenvalue weighted by molar-refractivity contribution is 0.160. The van der Waals surface area contributed by atoms with Crippen molar-refractivity contribution < 1.29 is 4.74 Å². The van der Waals surface area contributed by atoms with Crippen molar-refractivity contribution >= 4 is 0 Å². The lowest BCUT2D eigenvalue weighted by Crippen LogP contribution is -2.32. The van der Waals surface area contributed by atoms with Crippen LogP contribution in [0.4, 0.5) is 0 Å². The monoisotopic (exact) mass is 389 g/mol. The van der Waals surface area contributed by atoms with Gasteiger partial charge >= 0.3 is 0 Å². The van der Waals surface area contributed by atoms with E-state index in [0.29, 0.717) is 12.5 Å². The number of ether oxygens (including phenoxy) is 1. The van der Waals surface area contributed by atoms with E-state index < -0.39 is 0 Å². The highest BCUT2D eigenvalue weighted by molar-refractivity contribution is 5.60. The molecule has 1 aromatic carbocycles. The van der Waals surface area contributed by atoms with Gasteiger partial charge in [-0.15, -0.1) is 0 Å². The summed E-state index contributed by atoms with van der Waals surface area (Å²) in [6.07, 6.45) is 6.86. The van der Waals surface area contributed by atoms with Gasteiger partial charge in [-0.1, -0.05) is 18.2 Å². The molecular formula is C23H25N4O2. The first-order valence-corrected chi connectivity index (χ1v) is 9.98. The Morgan fingerprint density at radius 1 is 1.17 bits per heavy atom. The first-order valence-electron chi connectivity index (χ1n) is 9.98. The average Bonchev–Trinajstić information content (AvgIpc) is 2.76. The van der Waals surface area contributed by atoms with Crippen LogP contribution >= 0.6 is 0 Å². The zero-order valence-electron chi connectivity index (χ0n) is 16.6. The van der Waals surface area contributed by atoms with Crippen LogP contribution in [0, 0.1) is 12.1 Å². The Hall–Kier alpha value is -2.99. The van der Waals surface area contributed by atoms with Crippen molar-refractivity contribution in [3.63, 3.8) is 0 Å². The fourth-order valence-electron chi connectivity index (χ4n) is 3.54. The van der Waals surface area contributed by atoms with Crippen molar-refractivity contribution in [2.75, 3.05) is 26.7 Å². The van der Waals surface area contributed by atoms with Gasteiger partial charge in [0.2, 0.25) is 0 Å². The molecule has 6 nitrogen and oxygen atoms in total. The van der Waals surface area contributed by atoms with Crippen molar-refractivity contribution in [2.24, 2.45) is 5.92 Å². The number of benzene rings is 1. The third-order valence-corrected chi connectivity index (χ3v) is 5.35. The largest absolute Gasteiger partial charge is 0.492 e. The molecule has 6 heteroatoms. The number of likely N-dealkylation sites (tertiary alicyclic amines) is 1. The topological polar surface area (TPSA) is 60.2 Å². The van der Waals surface area contributed by atoms with Crippen molar-refractivity contribution in [3.05, 3.63) is 76.8 Å². The molecule has 149 valence electrons. The van der Waals surface area contributed by atoms with Crippen molar-refractivity contribution in [2.45, 2.75) is 19.4 Å². The molecular weight excluding hydrogens is 364 g/mol. The Balaban J connectivity index is 1.40. The Morgan fingerprint density at radius 2 is 2.03 bits per heavy atom. The van der Waals surface area contributed by atoms with Crippen LogP contribution in [0.15, 0.2) is 59.5 Å². The first-order chi connectivity index (χ1) is 14.2. The quantitative estimate of drug-likeness (QED) is 0.649. The zero-order valence-corrected chi connectivity index (χ0v) is 16.6. The third kappa shape index (κ3) is 5.09. The average molecular weight is 389 g/mol. The Labute approximate surface area is 170 Å². The summed E-state index contributed by atoms with van der Waals surface area (Å²) < 4.78 is 7.35. The highest BCUT2D eigenvalue weighted by Gasteiger charge is 2.17. The zero-order chi connectivity index (χ0) is 20.1. The summed E-state index contributed by atoms with van der Waals surface area (Å²) in [5.41, 5.74) is 2.72. The smallest absolute Gasteiger partial charge is 0.267 e. The molecule has 0 amide bonds. The van der Waals surface area contributed by atoms with Crippen LogP contribution in [0.1, 0.15) is 18.4 Å². The second-order valence-electron chi connectivity index (χ2n) is 7.60. The standard InChI is InChI=1S/C23H25N4O2/c1-26-12-9-18(10-13-26)17-29-21-7-8-22(24-15-21)20-5-2-4-19(14-20)16-27-23(28)6-3-11-25-27/h2-8,14-15,18H,9-10,12-13,16-17H2,1H3. The molecule has 1 fully saturated rings. The van der Waals surface area contributed by atoms with Crippen LogP contribution in [-0.2, 0) is 6.54 Å². The lowest BCUT2D eigenvalue weighted by Gasteiger charge is -2.28. The SMILES string of the molecule is CN1CCC(COc2ccc(-c3cccc(Cn4n[c]ccc4=O)c3)nc2)CC1. The molecule has 0 unspecified atom stereocenters. The highest BCUT2D eigenvalue weighted by Crippen LogP contribution is 2.22. The number of hydrogen-bond acceptors (Lipinski definition) is 5. The van der Waals surface area contributed by atoms with Gasteiger partial charge in [0, 0.05) is 11.6 Å². The van der Waals surface area contributed by atoms with Crippen LogP contribution < -0.4 is 10.3 Å². The minimum atomic E-state index is -0.140. The molecule has 2 aromatic heterocycles. The summed E-state index contributed by atoms with van der Waals surface area (Å²) in [5.74, 6) is 1.43. The van der Waals surface area contributed by atoms with E-state index in [1.165, 1.54) is 29.7 Å². The summed E-state index contributed by atoms with van der Waals surface area (Å²) in [5, 5.41) is 3.99. The van der Waals surface area contributed by atoms with Gasteiger partial charge < -0.3 is 9.64 Å². The molecule has 1 aliphatic rings. The van der Waals surface area contributed by atoms with Gasteiger partial charge in [0.25, 0.3) is 5.56 Å². The molecule has 0 bridgehead atoms. The van der Waals surface area contributed by atoms with E-state index in [2.05, 4.69) is 28.2 Å². The number of pyridine rings is 1. The highest BCUT2D eigenvalue weighted by atomic mass is 16.5. The lowest BCUT2D eigenvalue weighted by atomic mass is 9.98. The van der Waals surface area contributed by atoms with Crippen LogP contribution in [0.25, 0.3) is 11.3 Å². The molecule has 1 radical (unpaired) electrons. The second-order valence-corrected chi connectivity index (χ2v) is 7.60. The van der Waals surface area contributed by atoms with Crippen LogP contribution in [-0.4, -0.2) is 46.4 Å². The fraction of sp³-hybridized carbons (Fsp3) is 0.348. The molecule has 1 aliphatic heterocycles. The number of rotatable bonds is 6. The molecule has 1 saturated heterocycles. The van der Waals surface area contributed by atoms with E-state index in [1.54, 1.807) is 6.20 Å². The maximum Gasteiger partial charge on any atom is 0.267 e. The van der Waals surface area contributed by atoms with E-state index in [4.69, 9.17) is 4.74 Å². The molecule has 3 heterocycles. The van der Waals surface area contributed by atoms with Gasteiger partial charge in [0.15, 0.2) is 0 Å². The molecule has 0 N–H and O–H groups in total. The number of hydrogen-bond donors (Lipinski definition) is 0. The van der Waals surface area contributed by atoms with Gasteiger partial charge in [-0.25, -0.2) is 4.68 Å². The van der Waals surface area contributed by atoms with Crippen molar-refractivity contribution in [1.82, 2.24) is 19.7 Å². The van der Waals surface area contributed by atoms with E-state index in [-0.39, 0.29) is 5.56 Å². The minimum Gasteiger partial charge on any atom is -0.492 e. The van der Waals surface area contributed by atoms with Gasteiger partial charge in [0.05, 0.1) is 25.0 Å². The summed E-state index contributed by atoms with van der Waals surface area (Å²) >= 11 is 0. The molecule has 29 heavy (non-hydrogen) atoms. The van der Waals surface area contributed by atoms with Crippen LogP contribution in [0.2, 0.25) is 0 Å². The Kier molecular flexibility index (Phi) is 6.00. The van der Waals surface area contributed by atoms with E-state index in [9.17, 15) is 4.79 Å². The molecule has 3 aromatic rings. The molecule has 0 aliphatic carbocycles. The van der Waals surface area contributed by atoms with Gasteiger partial charge in [-0.2, -0.15) is 5.10 Å². The van der Waals surface area contributed by atoms with Gasteiger partial charge in [-0.3, -0.25) is 9.78 Å². The van der Waals surface area contributed by atoms with Gasteiger partial charge in [0.1, 0.15) is 11.9 Å². The van der Waals surface area contributed by atoms with E-state index in [0.717, 1.165) is 42.3 Å². The predicted octanol–water partition coefficient (Wildman–Crippen LogP) is 2.87. The molecule has 0 atom stereocenters. The van der Waals surface area contributed by atoms with Crippen LogP contribution in [0.5, 0.6) is 5.75 Å². The predicted molar refractivity (Wildman–Crippen MR) is 112 cm³/mol. The Bertz CT molecular complexity index is 992.